The van der Waals surface area contributed by atoms with Crippen molar-refractivity contribution >= 4 is 54.5 Å². The second-order valence-electron chi connectivity index (χ2n) is 12.5. The van der Waals surface area contributed by atoms with Gasteiger partial charge in [0.25, 0.3) is 0 Å². The quantitative estimate of drug-likeness (QED) is 0.179. The van der Waals surface area contributed by atoms with Gasteiger partial charge in [-0.25, -0.2) is 15.0 Å². The molecular formula is C49H30N4O. The average molecular weight is 706 g/mol. The maximum atomic E-state index is 9.74. The van der Waals surface area contributed by atoms with Crippen molar-refractivity contribution in [3.05, 3.63) is 182 Å². The zero-order chi connectivity index (χ0) is 48.6. The molecule has 5 heteroatoms. The molecule has 5 nitrogen and oxygen atoms in total. The van der Waals surface area contributed by atoms with Gasteiger partial charge in [0.15, 0.2) is 17.5 Å². The number of hydrogen-bond donors (Lipinski definition) is 0. The molecule has 0 radical (unpaired) electrons. The molecule has 0 N–H and O–H groups in total. The van der Waals surface area contributed by atoms with E-state index >= 15 is 0 Å². The van der Waals surface area contributed by atoms with E-state index in [0.717, 1.165) is 21.8 Å². The molecule has 54 heavy (non-hydrogen) atoms. The van der Waals surface area contributed by atoms with Crippen LogP contribution in [0.2, 0.25) is 0 Å². The molecule has 8 aromatic carbocycles. The van der Waals surface area contributed by atoms with Crippen molar-refractivity contribution in [3.8, 4) is 51.0 Å². The highest BCUT2D eigenvalue weighted by Gasteiger charge is 2.19. The first-order valence-electron chi connectivity index (χ1n) is 24.4. The molecule has 0 aliphatic rings. The topological polar surface area (TPSA) is 56.7 Å². The minimum absolute atomic E-state index is 0.00290. The van der Waals surface area contributed by atoms with Gasteiger partial charge in [-0.2, -0.15) is 0 Å². The molecular weight excluding hydrogens is 661 g/mol. The van der Waals surface area contributed by atoms with Crippen molar-refractivity contribution in [2.45, 2.75) is 0 Å². The standard InChI is InChI=1S/C49H30N4O/c1-3-14-32(15-4-1)47-50-48(33-16-5-2-6-17-33)52-49(51-47)35-19-11-18-34(29-35)38-22-12-24-43-46(38)40-27-26-36(30-44(40)54-43)53-41-23-10-9-21-39(41)45-37-20-8-7-13-31(37)25-28-42(45)53/h1-30H/i7D,8D,9D,10D,12D,13D,20D,21D,22D,24D,25D,26D,27D,28D,30D. The van der Waals surface area contributed by atoms with Gasteiger partial charge >= 0.3 is 0 Å². The molecule has 0 aliphatic heterocycles. The first-order valence-corrected chi connectivity index (χ1v) is 16.9. The SMILES string of the molecule is [2H]c1cc2c(c([2H])c1[2H])c1c3c([2H])c([2H])c([2H])c([2H])c3c([2H])c([2H])c1n2-c1c([2H])c([2H])c2c(oc3c([2H])c([2H])c([2H])c(-c4cccc(-c5nc(-c6ccccc6)nc(-c6ccccc6)n5)c4)c32)c1[2H]. The highest BCUT2D eigenvalue weighted by Crippen LogP contribution is 2.41. The second-order valence-corrected chi connectivity index (χ2v) is 12.5. The molecule has 3 heterocycles. The number of aromatic nitrogens is 4. The second kappa shape index (κ2) is 12.1. The van der Waals surface area contributed by atoms with Crippen LogP contribution in [0.4, 0.5) is 0 Å². The highest BCUT2D eigenvalue weighted by molar-refractivity contribution is 6.21. The Morgan fingerprint density at radius 3 is 1.94 bits per heavy atom. The Hall–Kier alpha value is -7.37. The number of benzene rings is 8. The number of hydrogen-bond acceptors (Lipinski definition) is 4. The van der Waals surface area contributed by atoms with E-state index < -0.39 is 96.3 Å². The van der Waals surface area contributed by atoms with Crippen LogP contribution in [0.5, 0.6) is 0 Å². The molecule has 0 bridgehead atoms. The molecule has 0 spiro atoms. The van der Waals surface area contributed by atoms with Gasteiger partial charge in [-0.1, -0.05) is 139 Å². The normalized spacial score (nSPS) is 15.6. The van der Waals surface area contributed by atoms with E-state index in [1.807, 2.05) is 60.7 Å². The van der Waals surface area contributed by atoms with Gasteiger partial charge in [0.2, 0.25) is 0 Å². The molecule has 0 saturated carbocycles. The van der Waals surface area contributed by atoms with Crippen LogP contribution in [0.1, 0.15) is 20.6 Å². The third kappa shape index (κ3) is 4.83. The van der Waals surface area contributed by atoms with Crippen LogP contribution >= 0.6 is 0 Å². The minimum Gasteiger partial charge on any atom is -0.456 e. The maximum Gasteiger partial charge on any atom is 0.164 e. The fourth-order valence-corrected chi connectivity index (χ4v) is 6.88. The van der Waals surface area contributed by atoms with Crippen LogP contribution in [0, 0.1) is 0 Å². The summed E-state index contributed by atoms with van der Waals surface area (Å²) in [4.78, 5) is 14.4. The van der Waals surface area contributed by atoms with Gasteiger partial charge in [0.1, 0.15) is 11.2 Å². The molecule has 3 aromatic heterocycles. The van der Waals surface area contributed by atoms with Crippen molar-refractivity contribution in [2.75, 3.05) is 0 Å². The van der Waals surface area contributed by atoms with Gasteiger partial charge in [-0.3, -0.25) is 0 Å². The van der Waals surface area contributed by atoms with Crippen molar-refractivity contribution in [1.82, 2.24) is 19.5 Å². The third-order valence-corrected chi connectivity index (χ3v) is 9.31. The van der Waals surface area contributed by atoms with Gasteiger partial charge in [0.05, 0.1) is 31.6 Å². The highest BCUT2D eigenvalue weighted by atomic mass is 16.3. The fraction of sp³-hybridized carbons (Fsp3) is 0. The van der Waals surface area contributed by atoms with E-state index in [-0.39, 0.29) is 65.9 Å². The van der Waals surface area contributed by atoms with Crippen LogP contribution in [-0.4, -0.2) is 19.5 Å². The third-order valence-electron chi connectivity index (χ3n) is 9.31. The van der Waals surface area contributed by atoms with Crippen LogP contribution in [0.3, 0.4) is 0 Å². The number of rotatable bonds is 5. The smallest absolute Gasteiger partial charge is 0.164 e. The Morgan fingerprint density at radius 1 is 0.463 bits per heavy atom. The molecule has 0 aliphatic carbocycles. The molecule has 11 rings (SSSR count). The number of fused-ring (bicyclic) bond motifs is 8. The molecule has 0 saturated heterocycles. The van der Waals surface area contributed by atoms with Crippen molar-refractivity contribution in [2.24, 2.45) is 0 Å². The summed E-state index contributed by atoms with van der Waals surface area (Å²) in [6.45, 7) is 0. The van der Waals surface area contributed by atoms with Crippen LogP contribution in [0.15, 0.2) is 186 Å². The first-order chi connectivity index (χ1) is 33.0. The fourth-order valence-electron chi connectivity index (χ4n) is 6.88. The minimum atomic E-state index is -0.668. The lowest BCUT2D eigenvalue weighted by atomic mass is 9.97. The summed E-state index contributed by atoms with van der Waals surface area (Å²) in [7, 11) is 0. The Morgan fingerprint density at radius 2 is 1.15 bits per heavy atom. The zero-order valence-corrected chi connectivity index (χ0v) is 27.9. The summed E-state index contributed by atoms with van der Waals surface area (Å²) in [5.41, 5.74) is 0.910. The summed E-state index contributed by atoms with van der Waals surface area (Å²) in [5.74, 6) is 1.08. The zero-order valence-electron chi connectivity index (χ0n) is 42.9. The summed E-state index contributed by atoms with van der Waals surface area (Å²) >= 11 is 0. The predicted octanol–water partition coefficient (Wildman–Crippen LogP) is 12.7. The molecule has 0 atom stereocenters. The number of nitrogens with zero attached hydrogens (tertiary/aromatic N) is 4. The molecule has 0 amide bonds. The lowest BCUT2D eigenvalue weighted by Gasteiger charge is -2.10. The summed E-state index contributed by atoms with van der Waals surface area (Å²) in [6, 6.07) is 18.1. The van der Waals surface area contributed by atoms with Crippen molar-refractivity contribution in [1.29, 1.82) is 0 Å². The Bertz CT molecular complexity index is 4030. The van der Waals surface area contributed by atoms with Crippen molar-refractivity contribution in [3.63, 3.8) is 0 Å². The summed E-state index contributed by atoms with van der Waals surface area (Å²) < 4.78 is 143. The predicted molar refractivity (Wildman–Crippen MR) is 221 cm³/mol. The van der Waals surface area contributed by atoms with Crippen molar-refractivity contribution < 1.29 is 25.0 Å². The first kappa shape index (κ1) is 18.9. The van der Waals surface area contributed by atoms with Gasteiger partial charge in [-0.15, -0.1) is 0 Å². The molecule has 11 aromatic rings. The summed E-state index contributed by atoms with van der Waals surface area (Å²) in [6.07, 6.45) is 0. The van der Waals surface area contributed by atoms with E-state index in [9.17, 15) is 6.85 Å². The largest absolute Gasteiger partial charge is 0.456 e. The van der Waals surface area contributed by atoms with E-state index in [4.69, 9.17) is 33.1 Å². The van der Waals surface area contributed by atoms with Gasteiger partial charge < -0.3 is 8.98 Å². The Labute approximate surface area is 331 Å². The van der Waals surface area contributed by atoms with E-state index in [2.05, 4.69) is 0 Å². The maximum absolute atomic E-state index is 9.74. The van der Waals surface area contributed by atoms with E-state index in [0.29, 0.717) is 22.8 Å². The van der Waals surface area contributed by atoms with Gasteiger partial charge in [-0.05, 0) is 58.2 Å². The summed E-state index contributed by atoms with van der Waals surface area (Å²) in [5, 5.41) is -1.03. The number of furan rings is 1. The van der Waals surface area contributed by atoms with E-state index in [1.165, 1.54) is 0 Å². The number of para-hydroxylation sites is 1. The lowest BCUT2D eigenvalue weighted by Crippen LogP contribution is -2.00. The average Bonchev–Trinajstić information content (AvgIpc) is 3.92. The Balaban J connectivity index is 1.21. The van der Waals surface area contributed by atoms with Crippen LogP contribution in [0.25, 0.3) is 105 Å². The van der Waals surface area contributed by atoms with E-state index in [1.54, 1.807) is 24.3 Å². The molecule has 0 unspecified atom stereocenters. The Kier molecular flexibility index (Phi) is 4.24. The lowest BCUT2D eigenvalue weighted by molar-refractivity contribution is 0.668. The molecule has 252 valence electrons. The monoisotopic (exact) mass is 705 g/mol. The van der Waals surface area contributed by atoms with Crippen LogP contribution in [-0.2, 0) is 0 Å². The van der Waals surface area contributed by atoms with Crippen LogP contribution < -0.4 is 0 Å². The van der Waals surface area contributed by atoms with Gasteiger partial charge in [0, 0.05) is 50.0 Å². The molecule has 0 fully saturated rings.